The molecule has 15 heavy (non-hydrogen) atoms. The highest BCUT2D eigenvalue weighted by atomic mass is 16.3. The fraction of sp³-hybridized carbons (Fsp3) is 1.00. The minimum Gasteiger partial charge on any atom is -0.392 e. The summed E-state index contributed by atoms with van der Waals surface area (Å²) >= 11 is 0. The number of likely N-dealkylation sites (tertiary alicyclic amines) is 2. The molecule has 3 nitrogen and oxygen atoms in total. The monoisotopic (exact) mass is 212 g/mol. The Morgan fingerprint density at radius 3 is 2.60 bits per heavy atom. The highest BCUT2D eigenvalue weighted by Gasteiger charge is 2.28. The van der Waals surface area contributed by atoms with Crippen molar-refractivity contribution in [2.45, 2.75) is 44.8 Å². The molecule has 0 aromatic rings. The van der Waals surface area contributed by atoms with Crippen molar-refractivity contribution >= 4 is 0 Å². The van der Waals surface area contributed by atoms with Gasteiger partial charge in [-0.15, -0.1) is 0 Å². The third kappa shape index (κ3) is 3.16. The molecule has 2 fully saturated rings. The number of rotatable bonds is 3. The van der Waals surface area contributed by atoms with Crippen molar-refractivity contribution in [1.82, 2.24) is 9.80 Å². The van der Waals surface area contributed by atoms with Crippen molar-refractivity contribution in [3.63, 3.8) is 0 Å². The van der Waals surface area contributed by atoms with E-state index in [9.17, 15) is 5.11 Å². The molecule has 0 bridgehead atoms. The van der Waals surface area contributed by atoms with Crippen molar-refractivity contribution in [1.29, 1.82) is 0 Å². The molecule has 2 heterocycles. The molecule has 0 aromatic heterocycles. The fourth-order valence-corrected chi connectivity index (χ4v) is 2.93. The summed E-state index contributed by atoms with van der Waals surface area (Å²) in [6.45, 7) is 7.68. The molecule has 0 amide bonds. The first-order chi connectivity index (χ1) is 7.25. The second kappa shape index (κ2) is 5.28. The summed E-state index contributed by atoms with van der Waals surface area (Å²) in [6.07, 6.45) is 5.30. The predicted octanol–water partition coefficient (Wildman–Crippen LogP) is 0.927. The van der Waals surface area contributed by atoms with E-state index in [2.05, 4.69) is 9.80 Å². The van der Waals surface area contributed by atoms with E-state index in [0.717, 1.165) is 12.6 Å². The summed E-state index contributed by atoms with van der Waals surface area (Å²) in [4.78, 5) is 5.06. The van der Waals surface area contributed by atoms with Gasteiger partial charge in [0, 0.05) is 19.1 Å². The van der Waals surface area contributed by atoms with Gasteiger partial charge in [0.25, 0.3) is 0 Å². The zero-order valence-electron chi connectivity index (χ0n) is 9.86. The summed E-state index contributed by atoms with van der Waals surface area (Å²) in [5, 5.41) is 9.35. The van der Waals surface area contributed by atoms with Gasteiger partial charge in [0.1, 0.15) is 0 Å². The molecule has 0 radical (unpaired) electrons. The Kier molecular flexibility index (Phi) is 4.00. The number of hydrogen-bond donors (Lipinski definition) is 1. The first-order valence-electron chi connectivity index (χ1n) is 6.40. The predicted molar refractivity (Wildman–Crippen MR) is 61.9 cm³/mol. The lowest BCUT2D eigenvalue weighted by Gasteiger charge is -2.32. The average molecular weight is 212 g/mol. The zero-order valence-corrected chi connectivity index (χ0v) is 9.86. The molecule has 2 saturated heterocycles. The molecule has 2 atom stereocenters. The van der Waals surface area contributed by atoms with E-state index in [1.54, 1.807) is 0 Å². The standard InChI is InChI=1S/C12H24N2O/c1-11(15)9-13-8-5-12(10-13)14-6-3-2-4-7-14/h11-12,15H,2-10H2,1H3. The van der Waals surface area contributed by atoms with Crippen LogP contribution >= 0.6 is 0 Å². The number of aliphatic hydroxyl groups excluding tert-OH is 1. The molecule has 2 aliphatic heterocycles. The molecule has 0 aromatic carbocycles. The minimum atomic E-state index is -0.176. The molecule has 3 heteroatoms. The van der Waals surface area contributed by atoms with E-state index in [-0.39, 0.29) is 6.10 Å². The van der Waals surface area contributed by atoms with Crippen LogP contribution in [0.4, 0.5) is 0 Å². The Morgan fingerprint density at radius 1 is 1.20 bits per heavy atom. The van der Waals surface area contributed by atoms with Gasteiger partial charge in [0.15, 0.2) is 0 Å². The van der Waals surface area contributed by atoms with E-state index in [0.29, 0.717) is 0 Å². The van der Waals surface area contributed by atoms with Gasteiger partial charge in [-0.05, 0) is 45.8 Å². The maximum absolute atomic E-state index is 9.35. The summed E-state index contributed by atoms with van der Waals surface area (Å²) in [7, 11) is 0. The molecule has 0 saturated carbocycles. The number of piperidine rings is 1. The van der Waals surface area contributed by atoms with Crippen LogP contribution in [0.1, 0.15) is 32.6 Å². The maximum atomic E-state index is 9.35. The SMILES string of the molecule is CC(O)CN1CCC(N2CCCCC2)C1. The Labute approximate surface area is 93.1 Å². The van der Waals surface area contributed by atoms with Crippen LogP contribution in [0.15, 0.2) is 0 Å². The van der Waals surface area contributed by atoms with Crippen molar-refractivity contribution in [2.24, 2.45) is 0 Å². The first-order valence-corrected chi connectivity index (χ1v) is 6.40. The summed E-state index contributed by atoms with van der Waals surface area (Å²) in [6, 6.07) is 0.768. The van der Waals surface area contributed by atoms with Gasteiger partial charge in [-0.2, -0.15) is 0 Å². The van der Waals surface area contributed by atoms with Crippen molar-refractivity contribution in [3.05, 3.63) is 0 Å². The van der Waals surface area contributed by atoms with Crippen LogP contribution in [-0.4, -0.2) is 59.8 Å². The van der Waals surface area contributed by atoms with Gasteiger partial charge in [0.05, 0.1) is 6.10 Å². The second-order valence-corrected chi connectivity index (χ2v) is 5.15. The smallest absolute Gasteiger partial charge is 0.0639 e. The Bertz CT molecular complexity index is 190. The van der Waals surface area contributed by atoms with Crippen molar-refractivity contribution < 1.29 is 5.11 Å². The first kappa shape index (κ1) is 11.4. The largest absolute Gasteiger partial charge is 0.392 e. The average Bonchev–Trinajstić information content (AvgIpc) is 2.67. The Balaban J connectivity index is 1.76. The van der Waals surface area contributed by atoms with E-state index < -0.39 is 0 Å². The summed E-state index contributed by atoms with van der Waals surface area (Å²) in [5.74, 6) is 0. The number of nitrogens with zero attached hydrogens (tertiary/aromatic N) is 2. The van der Waals surface area contributed by atoms with Crippen molar-refractivity contribution in [2.75, 3.05) is 32.7 Å². The molecule has 88 valence electrons. The minimum absolute atomic E-state index is 0.176. The molecule has 2 aliphatic rings. The van der Waals surface area contributed by atoms with Crippen LogP contribution in [0.25, 0.3) is 0 Å². The van der Waals surface area contributed by atoms with Gasteiger partial charge in [-0.1, -0.05) is 6.42 Å². The third-order valence-corrected chi connectivity index (χ3v) is 3.68. The van der Waals surface area contributed by atoms with E-state index in [1.807, 2.05) is 6.92 Å². The fourth-order valence-electron chi connectivity index (χ4n) is 2.93. The quantitative estimate of drug-likeness (QED) is 0.754. The Hall–Kier alpha value is -0.120. The molecule has 2 unspecified atom stereocenters. The third-order valence-electron chi connectivity index (χ3n) is 3.68. The lowest BCUT2D eigenvalue weighted by Crippen LogP contribution is -2.41. The molecule has 1 N–H and O–H groups in total. The molecular formula is C12H24N2O. The lowest BCUT2D eigenvalue weighted by molar-refractivity contribution is 0.125. The molecule has 0 spiro atoms. The second-order valence-electron chi connectivity index (χ2n) is 5.15. The van der Waals surface area contributed by atoms with Crippen LogP contribution in [-0.2, 0) is 0 Å². The van der Waals surface area contributed by atoms with Crippen LogP contribution in [0.2, 0.25) is 0 Å². The highest BCUT2D eigenvalue weighted by Crippen LogP contribution is 2.20. The summed E-state index contributed by atoms with van der Waals surface area (Å²) < 4.78 is 0. The van der Waals surface area contributed by atoms with Crippen LogP contribution in [0, 0.1) is 0 Å². The van der Waals surface area contributed by atoms with Gasteiger partial charge in [-0.25, -0.2) is 0 Å². The molecule has 2 rings (SSSR count). The topological polar surface area (TPSA) is 26.7 Å². The van der Waals surface area contributed by atoms with E-state index >= 15 is 0 Å². The van der Waals surface area contributed by atoms with Gasteiger partial charge in [0.2, 0.25) is 0 Å². The molecular weight excluding hydrogens is 188 g/mol. The number of aliphatic hydroxyl groups is 1. The van der Waals surface area contributed by atoms with E-state index in [1.165, 1.54) is 51.9 Å². The van der Waals surface area contributed by atoms with Crippen LogP contribution < -0.4 is 0 Å². The van der Waals surface area contributed by atoms with Gasteiger partial charge < -0.3 is 5.11 Å². The highest BCUT2D eigenvalue weighted by molar-refractivity contribution is 4.85. The molecule has 0 aliphatic carbocycles. The van der Waals surface area contributed by atoms with Gasteiger partial charge in [-0.3, -0.25) is 9.80 Å². The summed E-state index contributed by atoms with van der Waals surface area (Å²) in [5.41, 5.74) is 0. The van der Waals surface area contributed by atoms with Crippen molar-refractivity contribution in [3.8, 4) is 0 Å². The maximum Gasteiger partial charge on any atom is 0.0639 e. The van der Waals surface area contributed by atoms with Gasteiger partial charge >= 0.3 is 0 Å². The van der Waals surface area contributed by atoms with Crippen LogP contribution in [0.5, 0.6) is 0 Å². The van der Waals surface area contributed by atoms with Crippen LogP contribution in [0.3, 0.4) is 0 Å². The number of hydrogen-bond acceptors (Lipinski definition) is 3. The number of β-amino-alcohol motifs (C(OH)–C–C–N with tert-alkyl or cyclic N) is 1. The van der Waals surface area contributed by atoms with E-state index in [4.69, 9.17) is 0 Å². The zero-order chi connectivity index (χ0) is 10.7. The lowest BCUT2D eigenvalue weighted by atomic mass is 10.1. The normalized spacial score (nSPS) is 32.0. The Morgan fingerprint density at radius 2 is 1.93 bits per heavy atom.